The number of aryl methyl sites for hydroxylation is 1. The summed E-state index contributed by atoms with van der Waals surface area (Å²) in [6.07, 6.45) is 4.99. The molecule has 158 valence electrons. The molecule has 0 radical (unpaired) electrons. The fourth-order valence-electron chi connectivity index (χ4n) is 3.77. The number of amidine groups is 1. The van der Waals surface area contributed by atoms with Crippen molar-refractivity contribution in [1.82, 2.24) is 20.3 Å². The van der Waals surface area contributed by atoms with Gasteiger partial charge in [0.05, 0.1) is 17.9 Å². The third-order valence-electron chi connectivity index (χ3n) is 5.28. The van der Waals surface area contributed by atoms with Crippen LogP contribution in [-0.2, 0) is 7.05 Å². The molecule has 8 heteroatoms. The Morgan fingerprint density at radius 2 is 1.87 bits per heavy atom. The summed E-state index contributed by atoms with van der Waals surface area (Å²) >= 11 is 0. The Labute approximate surface area is 179 Å². The number of hydrazone groups is 1. The molecular formula is C23H24FN7. The van der Waals surface area contributed by atoms with E-state index in [1.54, 1.807) is 10.9 Å². The normalized spacial score (nSPS) is 12.0. The molecule has 4 rings (SSSR count). The van der Waals surface area contributed by atoms with Crippen LogP contribution in [0.1, 0.15) is 30.9 Å². The summed E-state index contributed by atoms with van der Waals surface area (Å²) in [5.41, 5.74) is 13.9. The maximum atomic E-state index is 15.0. The molecule has 0 amide bonds. The first-order chi connectivity index (χ1) is 14.9. The van der Waals surface area contributed by atoms with E-state index in [1.165, 1.54) is 6.20 Å². The highest BCUT2D eigenvalue weighted by Gasteiger charge is 2.17. The second kappa shape index (κ2) is 8.16. The Balaban J connectivity index is 1.88. The largest absolute Gasteiger partial charge is 0.382 e. The zero-order chi connectivity index (χ0) is 22.1. The summed E-state index contributed by atoms with van der Waals surface area (Å²) < 4.78 is 16.7. The van der Waals surface area contributed by atoms with E-state index in [1.807, 2.05) is 63.5 Å². The molecule has 4 aromatic rings. The van der Waals surface area contributed by atoms with Crippen LogP contribution in [-0.4, -0.2) is 20.6 Å². The van der Waals surface area contributed by atoms with Crippen molar-refractivity contribution in [2.45, 2.75) is 19.8 Å². The Morgan fingerprint density at radius 3 is 2.55 bits per heavy atom. The smallest absolute Gasteiger partial charge is 0.152 e. The number of fused-ring (bicyclic) bond motifs is 1. The summed E-state index contributed by atoms with van der Waals surface area (Å²) in [7, 11) is 1.87. The van der Waals surface area contributed by atoms with Gasteiger partial charge in [-0.25, -0.2) is 15.8 Å². The molecule has 2 aromatic carbocycles. The van der Waals surface area contributed by atoms with Crippen molar-refractivity contribution in [1.29, 1.82) is 0 Å². The second-order valence-electron chi connectivity index (χ2n) is 7.70. The molecule has 0 bridgehead atoms. The molecule has 0 saturated heterocycles. The monoisotopic (exact) mass is 417 g/mol. The highest BCUT2D eigenvalue weighted by atomic mass is 19.1. The standard InChI is InChI=1S/C23H24FN7/c1-13(2)19-8-15(5-6-17(19)23(25)29-30-26)22-18-7-4-14(16-10-28-31(3)12-16)9-21(18)27-11-20(22)24/h4-13,30H,26H2,1-3H3,(H2,25,29). The number of aromatic nitrogens is 3. The predicted octanol–water partition coefficient (Wildman–Crippen LogP) is 3.65. The van der Waals surface area contributed by atoms with Gasteiger partial charge in [-0.1, -0.05) is 44.2 Å². The number of nitrogens with two attached hydrogens (primary N) is 2. The van der Waals surface area contributed by atoms with Crippen LogP contribution in [0.25, 0.3) is 33.2 Å². The van der Waals surface area contributed by atoms with E-state index in [-0.39, 0.29) is 17.6 Å². The lowest BCUT2D eigenvalue weighted by Crippen LogP contribution is -2.24. The van der Waals surface area contributed by atoms with E-state index in [0.29, 0.717) is 11.1 Å². The van der Waals surface area contributed by atoms with Gasteiger partial charge in [-0.05, 0) is 28.7 Å². The molecule has 0 fully saturated rings. The molecule has 5 N–H and O–H groups in total. The summed E-state index contributed by atoms with van der Waals surface area (Å²) in [4.78, 5) is 4.32. The van der Waals surface area contributed by atoms with E-state index in [2.05, 4.69) is 20.7 Å². The molecule has 2 aromatic heterocycles. The van der Waals surface area contributed by atoms with Crippen molar-refractivity contribution in [3.8, 4) is 22.3 Å². The van der Waals surface area contributed by atoms with Gasteiger partial charge >= 0.3 is 0 Å². The van der Waals surface area contributed by atoms with Crippen LogP contribution in [0.5, 0.6) is 0 Å². The van der Waals surface area contributed by atoms with Crippen LogP contribution >= 0.6 is 0 Å². The second-order valence-corrected chi connectivity index (χ2v) is 7.70. The lowest BCUT2D eigenvalue weighted by atomic mass is 9.91. The molecule has 0 aliphatic carbocycles. The SMILES string of the molecule is CC(C)c1cc(-c2c(F)cnc3cc(-c4cnn(C)c4)ccc23)ccc1/C(N)=N/NN. The highest BCUT2D eigenvalue weighted by Crippen LogP contribution is 2.35. The van der Waals surface area contributed by atoms with Crippen LogP contribution in [0.2, 0.25) is 0 Å². The number of pyridine rings is 1. The van der Waals surface area contributed by atoms with Gasteiger partial charge in [0, 0.05) is 35.3 Å². The van der Waals surface area contributed by atoms with Gasteiger partial charge in [-0.15, -0.1) is 5.10 Å². The number of nitrogens with one attached hydrogen (secondary N) is 1. The van der Waals surface area contributed by atoms with E-state index in [4.69, 9.17) is 11.6 Å². The van der Waals surface area contributed by atoms with Gasteiger partial charge in [0.15, 0.2) is 5.84 Å². The maximum Gasteiger partial charge on any atom is 0.152 e. The Hall–Kier alpha value is -3.78. The third kappa shape index (κ3) is 3.85. The average Bonchev–Trinajstić information content (AvgIpc) is 3.19. The van der Waals surface area contributed by atoms with Gasteiger partial charge in [0.2, 0.25) is 0 Å². The van der Waals surface area contributed by atoms with Crippen LogP contribution in [0.4, 0.5) is 4.39 Å². The Bertz CT molecular complexity index is 1290. The number of hydrazine groups is 1. The van der Waals surface area contributed by atoms with Gasteiger partial charge in [-0.2, -0.15) is 5.10 Å². The topological polar surface area (TPSA) is 107 Å². The number of hydrogen-bond acceptors (Lipinski definition) is 5. The molecule has 0 saturated carbocycles. The summed E-state index contributed by atoms with van der Waals surface area (Å²) in [6, 6.07) is 11.4. The van der Waals surface area contributed by atoms with Gasteiger partial charge in [0.25, 0.3) is 0 Å². The zero-order valence-electron chi connectivity index (χ0n) is 17.6. The summed E-state index contributed by atoms with van der Waals surface area (Å²) in [5, 5.41) is 8.83. The van der Waals surface area contributed by atoms with Gasteiger partial charge in [0.1, 0.15) is 5.82 Å². The molecular weight excluding hydrogens is 393 g/mol. The van der Waals surface area contributed by atoms with Crippen molar-refractivity contribution < 1.29 is 4.39 Å². The number of benzene rings is 2. The molecule has 7 nitrogen and oxygen atoms in total. The van der Waals surface area contributed by atoms with Crippen molar-refractivity contribution in [3.63, 3.8) is 0 Å². The quantitative estimate of drug-likeness (QED) is 0.199. The molecule has 0 spiro atoms. The lowest BCUT2D eigenvalue weighted by molar-refractivity contribution is 0.627. The predicted molar refractivity (Wildman–Crippen MR) is 121 cm³/mol. The van der Waals surface area contributed by atoms with Gasteiger partial charge < -0.3 is 5.73 Å². The van der Waals surface area contributed by atoms with Crippen molar-refractivity contribution in [3.05, 3.63) is 71.9 Å². The van der Waals surface area contributed by atoms with E-state index in [0.717, 1.165) is 33.2 Å². The fraction of sp³-hybridized carbons (Fsp3) is 0.174. The van der Waals surface area contributed by atoms with E-state index in [9.17, 15) is 4.39 Å². The zero-order valence-corrected chi connectivity index (χ0v) is 17.6. The van der Waals surface area contributed by atoms with Crippen LogP contribution in [0.3, 0.4) is 0 Å². The van der Waals surface area contributed by atoms with Crippen molar-refractivity contribution in [2.24, 2.45) is 23.7 Å². The highest BCUT2D eigenvalue weighted by molar-refractivity contribution is 6.01. The first kappa shape index (κ1) is 20.5. The Morgan fingerprint density at radius 1 is 1.10 bits per heavy atom. The van der Waals surface area contributed by atoms with Crippen molar-refractivity contribution >= 4 is 16.7 Å². The lowest BCUT2D eigenvalue weighted by Gasteiger charge is -2.16. The number of halogens is 1. The summed E-state index contributed by atoms with van der Waals surface area (Å²) in [5.74, 6) is 5.32. The van der Waals surface area contributed by atoms with Crippen LogP contribution in [0, 0.1) is 5.82 Å². The summed E-state index contributed by atoms with van der Waals surface area (Å²) in [6.45, 7) is 4.10. The first-order valence-electron chi connectivity index (χ1n) is 9.89. The number of hydrogen-bond donors (Lipinski definition) is 3. The van der Waals surface area contributed by atoms with Crippen molar-refractivity contribution in [2.75, 3.05) is 0 Å². The Kier molecular flexibility index (Phi) is 5.39. The third-order valence-corrected chi connectivity index (χ3v) is 5.28. The van der Waals surface area contributed by atoms with E-state index < -0.39 is 0 Å². The molecule has 0 aliphatic rings. The average molecular weight is 417 g/mol. The fourth-order valence-corrected chi connectivity index (χ4v) is 3.77. The molecule has 0 unspecified atom stereocenters. The first-order valence-corrected chi connectivity index (χ1v) is 9.89. The minimum absolute atomic E-state index is 0.148. The van der Waals surface area contributed by atoms with Crippen LogP contribution < -0.4 is 17.1 Å². The maximum absolute atomic E-state index is 15.0. The van der Waals surface area contributed by atoms with Crippen LogP contribution in [0.15, 0.2) is 60.1 Å². The number of nitrogens with zero attached hydrogens (tertiary/aromatic N) is 4. The molecule has 0 atom stereocenters. The molecule has 0 aliphatic heterocycles. The minimum Gasteiger partial charge on any atom is -0.382 e. The van der Waals surface area contributed by atoms with E-state index >= 15 is 0 Å². The van der Waals surface area contributed by atoms with Gasteiger partial charge in [-0.3, -0.25) is 9.67 Å². The molecule has 2 heterocycles. The minimum atomic E-state index is -0.380. The number of rotatable bonds is 5. The molecule has 31 heavy (non-hydrogen) atoms.